The second kappa shape index (κ2) is 11.0. The molecule has 1 aliphatic rings. The maximum atomic E-state index is 5.35. The van der Waals surface area contributed by atoms with Crippen LogP contribution in [0.2, 0.25) is 0 Å². The van der Waals surface area contributed by atoms with E-state index in [1.807, 2.05) is 12.3 Å². The molecule has 0 spiro atoms. The van der Waals surface area contributed by atoms with Crippen molar-refractivity contribution in [2.24, 2.45) is 0 Å². The lowest BCUT2D eigenvalue weighted by atomic mass is 9.94. The Labute approximate surface area is 287 Å². The number of aromatic nitrogens is 5. The van der Waals surface area contributed by atoms with E-state index in [0.29, 0.717) is 17.6 Å². The molecule has 49 heavy (non-hydrogen) atoms. The van der Waals surface area contributed by atoms with Gasteiger partial charge in [0, 0.05) is 33.2 Å². The Bertz CT molecular complexity index is 2770. The van der Waals surface area contributed by atoms with Crippen molar-refractivity contribution in [3.63, 3.8) is 0 Å². The van der Waals surface area contributed by atoms with Gasteiger partial charge in [-0.1, -0.05) is 127 Å². The van der Waals surface area contributed by atoms with Gasteiger partial charge in [-0.25, -0.2) is 4.98 Å². The first-order chi connectivity index (χ1) is 24.2. The minimum atomic E-state index is 0.518. The first-order valence-corrected chi connectivity index (χ1v) is 16.8. The van der Waals surface area contributed by atoms with Gasteiger partial charge in [-0.15, -0.1) is 12.6 Å². The summed E-state index contributed by atoms with van der Waals surface area (Å²) in [6.07, 6.45) is 9.21. The molecular formula is C43H27N5S. The van der Waals surface area contributed by atoms with Crippen LogP contribution in [0.1, 0.15) is 12.0 Å². The van der Waals surface area contributed by atoms with Gasteiger partial charge in [-0.3, -0.25) is 9.55 Å². The fraction of sp³-hybridized carbons (Fsp3) is 0.0233. The minimum Gasteiger partial charge on any atom is -0.275 e. The maximum absolute atomic E-state index is 5.35. The van der Waals surface area contributed by atoms with Crippen LogP contribution < -0.4 is 0 Å². The summed E-state index contributed by atoms with van der Waals surface area (Å²) in [5.74, 6) is 1.73. The summed E-state index contributed by atoms with van der Waals surface area (Å²) in [6.45, 7) is 0. The zero-order valence-electron chi connectivity index (χ0n) is 26.2. The second-order valence-electron chi connectivity index (χ2n) is 12.4. The van der Waals surface area contributed by atoms with E-state index in [0.717, 1.165) is 82.3 Å². The standard InChI is InChI=1S/C43H27N5S/c49-40-36(28-14-1-2-15-28)31-20-7-8-21-32(31)37-38-35(24-11-25-44-38)48(39(37)40)43-46-41(33-22-9-16-26-12-3-5-18-29(26)33)45-42(47-43)34-23-10-17-27-13-4-6-19-30(27)34/h1-14,16-25,49H,15H2. The third-order valence-corrected chi connectivity index (χ3v) is 10.1. The highest BCUT2D eigenvalue weighted by molar-refractivity contribution is 7.80. The van der Waals surface area contributed by atoms with E-state index in [1.54, 1.807) is 0 Å². The second-order valence-corrected chi connectivity index (χ2v) is 12.8. The lowest BCUT2D eigenvalue weighted by molar-refractivity contribution is 0.949. The smallest absolute Gasteiger partial charge is 0.238 e. The maximum Gasteiger partial charge on any atom is 0.238 e. The highest BCUT2D eigenvalue weighted by atomic mass is 32.1. The Morgan fingerprint density at radius 1 is 0.592 bits per heavy atom. The summed E-state index contributed by atoms with van der Waals surface area (Å²) < 4.78 is 2.14. The minimum absolute atomic E-state index is 0.518. The highest BCUT2D eigenvalue weighted by Gasteiger charge is 2.25. The van der Waals surface area contributed by atoms with Gasteiger partial charge in [0.25, 0.3) is 0 Å². The van der Waals surface area contributed by atoms with E-state index in [2.05, 4.69) is 138 Å². The van der Waals surface area contributed by atoms with Crippen molar-refractivity contribution in [1.29, 1.82) is 0 Å². The molecule has 10 rings (SSSR count). The lowest BCUT2D eigenvalue weighted by Gasteiger charge is -2.16. The van der Waals surface area contributed by atoms with Crippen molar-refractivity contribution in [2.75, 3.05) is 0 Å². The Hall–Kier alpha value is -6.11. The predicted octanol–water partition coefficient (Wildman–Crippen LogP) is 10.8. The number of rotatable bonds is 4. The Balaban J connectivity index is 1.37. The van der Waals surface area contributed by atoms with Gasteiger partial charge in [-0.2, -0.15) is 9.97 Å². The molecule has 3 aromatic heterocycles. The van der Waals surface area contributed by atoms with Gasteiger partial charge in [0.2, 0.25) is 5.95 Å². The van der Waals surface area contributed by atoms with Gasteiger partial charge in [0.15, 0.2) is 11.6 Å². The van der Waals surface area contributed by atoms with Crippen LogP contribution in [0.5, 0.6) is 0 Å². The largest absolute Gasteiger partial charge is 0.275 e. The number of hydrogen-bond donors (Lipinski definition) is 1. The van der Waals surface area contributed by atoms with E-state index < -0.39 is 0 Å². The van der Waals surface area contributed by atoms with E-state index in [1.165, 1.54) is 5.57 Å². The van der Waals surface area contributed by atoms with Crippen LogP contribution in [0, 0.1) is 0 Å². The number of nitrogens with zero attached hydrogens (tertiary/aromatic N) is 5. The van der Waals surface area contributed by atoms with Gasteiger partial charge < -0.3 is 0 Å². The monoisotopic (exact) mass is 645 g/mol. The van der Waals surface area contributed by atoms with Gasteiger partial charge >= 0.3 is 0 Å². The van der Waals surface area contributed by atoms with Crippen LogP contribution in [-0.4, -0.2) is 24.5 Å². The zero-order chi connectivity index (χ0) is 32.5. The first kappa shape index (κ1) is 28.0. The Kier molecular flexibility index (Phi) is 6.26. The number of allylic oxidation sites excluding steroid dienone is 4. The molecule has 230 valence electrons. The highest BCUT2D eigenvalue weighted by Crippen LogP contribution is 2.45. The molecule has 6 heteroatoms. The number of fused-ring (bicyclic) bond motifs is 7. The van der Waals surface area contributed by atoms with E-state index in [-0.39, 0.29) is 0 Å². The van der Waals surface area contributed by atoms with Crippen LogP contribution in [0.25, 0.3) is 88.6 Å². The van der Waals surface area contributed by atoms with Crippen molar-refractivity contribution in [3.8, 4) is 28.7 Å². The summed E-state index contributed by atoms with van der Waals surface area (Å²) in [6, 6.07) is 41.9. The van der Waals surface area contributed by atoms with Crippen LogP contribution in [-0.2, 0) is 0 Å². The SMILES string of the molecule is Sc1c(C2=CC=CC2)c2ccccc2c2c3ncccc3n(-c3nc(-c4cccc5ccccc45)nc(-c4cccc5ccccc45)n3)c12. The number of pyridine rings is 1. The third kappa shape index (κ3) is 4.27. The molecule has 6 aromatic carbocycles. The van der Waals surface area contributed by atoms with E-state index >= 15 is 0 Å². The molecule has 9 aromatic rings. The molecule has 0 atom stereocenters. The van der Waals surface area contributed by atoms with Crippen LogP contribution in [0.15, 0.2) is 151 Å². The number of thiol groups is 1. The molecule has 0 fully saturated rings. The molecule has 5 nitrogen and oxygen atoms in total. The Morgan fingerprint density at radius 3 is 1.86 bits per heavy atom. The van der Waals surface area contributed by atoms with Crippen molar-refractivity contribution in [1.82, 2.24) is 24.5 Å². The molecule has 0 saturated heterocycles. The fourth-order valence-electron chi connectivity index (χ4n) is 7.47. The summed E-state index contributed by atoms with van der Waals surface area (Å²) in [5, 5.41) is 7.73. The zero-order valence-corrected chi connectivity index (χ0v) is 27.1. The summed E-state index contributed by atoms with van der Waals surface area (Å²) in [7, 11) is 0. The Morgan fingerprint density at radius 2 is 1.20 bits per heavy atom. The molecule has 1 aliphatic carbocycles. The van der Waals surface area contributed by atoms with Crippen LogP contribution in [0.3, 0.4) is 0 Å². The third-order valence-electron chi connectivity index (χ3n) is 9.63. The van der Waals surface area contributed by atoms with Gasteiger partial charge in [0.05, 0.1) is 16.6 Å². The quantitative estimate of drug-likeness (QED) is 0.194. The molecule has 0 N–H and O–H groups in total. The predicted molar refractivity (Wildman–Crippen MR) is 204 cm³/mol. The number of hydrogen-bond acceptors (Lipinski definition) is 5. The average molecular weight is 646 g/mol. The summed E-state index contributed by atoms with van der Waals surface area (Å²) >= 11 is 5.35. The lowest BCUT2D eigenvalue weighted by Crippen LogP contribution is -2.07. The van der Waals surface area contributed by atoms with Crippen molar-refractivity contribution < 1.29 is 0 Å². The summed E-state index contributed by atoms with van der Waals surface area (Å²) in [4.78, 5) is 21.7. The van der Waals surface area contributed by atoms with Crippen LogP contribution in [0.4, 0.5) is 0 Å². The van der Waals surface area contributed by atoms with E-state index in [4.69, 9.17) is 32.6 Å². The van der Waals surface area contributed by atoms with E-state index in [9.17, 15) is 0 Å². The first-order valence-electron chi connectivity index (χ1n) is 16.4. The van der Waals surface area contributed by atoms with Gasteiger partial charge in [-0.05, 0) is 56.4 Å². The van der Waals surface area contributed by atoms with Gasteiger partial charge in [0.1, 0.15) is 0 Å². The molecule has 0 bridgehead atoms. The van der Waals surface area contributed by atoms with Crippen molar-refractivity contribution in [3.05, 3.63) is 151 Å². The van der Waals surface area contributed by atoms with Crippen molar-refractivity contribution in [2.45, 2.75) is 11.3 Å². The molecule has 0 amide bonds. The normalized spacial score (nSPS) is 13.0. The molecule has 3 heterocycles. The molecule has 0 saturated carbocycles. The molecular weight excluding hydrogens is 619 g/mol. The topological polar surface area (TPSA) is 56.5 Å². The molecule has 0 radical (unpaired) electrons. The fourth-order valence-corrected chi connectivity index (χ4v) is 7.95. The van der Waals surface area contributed by atoms with Crippen molar-refractivity contribution >= 4 is 72.5 Å². The molecule has 0 aliphatic heterocycles. The molecule has 0 unspecified atom stereocenters. The number of benzene rings is 6. The average Bonchev–Trinajstić information content (AvgIpc) is 3.82. The van der Waals surface area contributed by atoms with Crippen LogP contribution >= 0.6 is 12.6 Å². The summed E-state index contributed by atoms with van der Waals surface area (Å²) in [5.41, 5.74) is 6.97.